The number of anilines is 3. The van der Waals surface area contributed by atoms with Gasteiger partial charge in [-0.05, 0) is 139 Å². The van der Waals surface area contributed by atoms with Crippen LogP contribution in [0.1, 0.15) is 69.5 Å². The van der Waals surface area contributed by atoms with Crippen LogP contribution in [0.25, 0.3) is 33.4 Å². The lowest BCUT2D eigenvalue weighted by molar-refractivity contribution is 0.713. The summed E-state index contributed by atoms with van der Waals surface area (Å²) in [4.78, 5) is 2.53. The highest BCUT2D eigenvalue weighted by molar-refractivity contribution is 5.93. The van der Waals surface area contributed by atoms with E-state index in [4.69, 9.17) is 0 Å². The van der Waals surface area contributed by atoms with Crippen LogP contribution in [0.4, 0.5) is 17.1 Å². The summed E-state index contributed by atoms with van der Waals surface area (Å²) in [7, 11) is 0. The molecule has 3 aliphatic rings. The van der Waals surface area contributed by atoms with Crippen LogP contribution >= 0.6 is 0 Å². The Morgan fingerprint density at radius 3 is 1.02 bits per heavy atom. The smallest absolute Gasteiger partial charge is 0.0713 e. The summed E-state index contributed by atoms with van der Waals surface area (Å²) >= 11 is 0. The predicted octanol–water partition coefficient (Wildman–Crippen LogP) is 16.2. The molecule has 0 aromatic heterocycles. The second-order valence-electron chi connectivity index (χ2n) is 18.6. The van der Waals surface area contributed by atoms with E-state index in [1.807, 2.05) is 0 Å². The highest BCUT2D eigenvalue weighted by Gasteiger charge is 2.47. The van der Waals surface area contributed by atoms with Gasteiger partial charge in [-0.15, -0.1) is 0 Å². The average molecular weight is 842 g/mol. The quantitative estimate of drug-likeness (QED) is 0.155. The van der Waals surface area contributed by atoms with Crippen molar-refractivity contribution in [1.29, 1.82) is 0 Å². The maximum absolute atomic E-state index is 2.53. The number of rotatable bonds is 7. The summed E-state index contributed by atoms with van der Waals surface area (Å²) in [5.41, 5.74) is 23.0. The van der Waals surface area contributed by atoms with Crippen molar-refractivity contribution in [2.45, 2.75) is 30.1 Å². The Balaban J connectivity index is 1.07. The van der Waals surface area contributed by atoms with E-state index in [-0.39, 0.29) is 10.8 Å². The summed E-state index contributed by atoms with van der Waals surface area (Å²) in [6.07, 6.45) is 0. The van der Waals surface area contributed by atoms with Gasteiger partial charge in [0.2, 0.25) is 0 Å². The molecule has 13 rings (SSSR count). The minimum atomic E-state index is -0.481. The van der Waals surface area contributed by atoms with E-state index >= 15 is 0 Å². The first-order valence-electron chi connectivity index (χ1n) is 23.3. The van der Waals surface area contributed by atoms with E-state index < -0.39 is 5.41 Å². The third kappa shape index (κ3) is 5.23. The average Bonchev–Trinajstić information content (AvgIpc) is 3.94. The van der Waals surface area contributed by atoms with Crippen LogP contribution in [0.3, 0.4) is 0 Å². The van der Waals surface area contributed by atoms with Gasteiger partial charge in [-0.3, -0.25) is 0 Å². The van der Waals surface area contributed by atoms with Crippen LogP contribution in [0.2, 0.25) is 0 Å². The maximum Gasteiger partial charge on any atom is 0.0713 e. The molecule has 0 saturated heterocycles. The summed E-state index contributed by atoms with van der Waals surface area (Å²) in [5, 5.41) is 0. The SMILES string of the molecule is CC1(c2ccccc2)c2ccccc2-c2ccc(N(c3ccc4c(c3)-c3ccccc3C4(c3ccccc3)c3ccccc3)c3ccc4c(c3)C(C)(c3ccccc3)c3ccccc3-4)cc21. The van der Waals surface area contributed by atoms with Crippen LogP contribution in [-0.4, -0.2) is 0 Å². The molecule has 0 N–H and O–H groups in total. The van der Waals surface area contributed by atoms with Crippen LogP contribution in [0.5, 0.6) is 0 Å². The number of nitrogens with zero attached hydrogens (tertiary/aromatic N) is 1. The minimum Gasteiger partial charge on any atom is -0.310 e. The third-order valence-corrected chi connectivity index (χ3v) is 15.5. The van der Waals surface area contributed by atoms with E-state index in [2.05, 4.69) is 267 Å². The Kier molecular flexibility index (Phi) is 8.45. The first-order chi connectivity index (χ1) is 32.5. The maximum atomic E-state index is 2.53. The van der Waals surface area contributed by atoms with Gasteiger partial charge >= 0.3 is 0 Å². The van der Waals surface area contributed by atoms with Gasteiger partial charge in [0.1, 0.15) is 0 Å². The fourth-order valence-electron chi connectivity index (χ4n) is 12.4. The molecule has 1 nitrogen and oxygen atoms in total. The molecule has 66 heavy (non-hydrogen) atoms. The van der Waals surface area contributed by atoms with Gasteiger partial charge in [-0.25, -0.2) is 0 Å². The van der Waals surface area contributed by atoms with E-state index in [0.717, 1.165) is 17.1 Å². The van der Waals surface area contributed by atoms with Crippen LogP contribution < -0.4 is 4.90 Å². The molecule has 0 aliphatic heterocycles. The highest BCUT2D eigenvalue weighted by Crippen LogP contribution is 2.59. The van der Waals surface area contributed by atoms with Crippen LogP contribution in [0, 0.1) is 0 Å². The zero-order valence-electron chi connectivity index (χ0n) is 37.1. The molecule has 2 atom stereocenters. The molecule has 0 spiro atoms. The lowest BCUT2D eigenvalue weighted by Gasteiger charge is -2.34. The summed E-state index contributed by atoms with van der Waals surface area (Å²) < 4.78 is 0. The number of benzene rings is 10. The minimum absolute atomic E-state index is 0.345. The number of fused-ring (bicyclic) bond motifs is 9. The molecule has 10 aromatic carbocycles. The van der Waals surface area contributed by atoms with Crippen molar-refractivity contribution in [3.8, 4) is 33.4 Å². The second-order valence-corrected chi connectivity index (χ2v) is 18.6. The topological polar surface area (TPSA) is 3.24 Å². The van der Waals surface area contributed by atoms with Gasteiger partial charge in [0, 0.05) is 27.9 Å². The van der Waals surface area contributed by atoms with Crippen molar-refractivity contribution in [3.63, 3.8) is 0 Å². The van der Waals surface area contributed by atoms with E-state index in [1.54, 1.807) is 0 Å². The normalized spacial score (nSPS) is 17.8. The molecule has 0 bridgehead atoms. The lowest BCUT2D eigenvalue weighted by Crippen LogP contribution is -2.28. The zero-order valence-corrected chi connectivity index (χ0v) is 37.1. The molecule has 0 radical (unpaired) electrons. The monoisotopic (exact) mass is 841 g/mol. The van der Waals surface area contributed by atoms with Crippen molar-refractivity contribution in [1.82, 2.24) is 0 Å². The first-order valence-corrected chi connectivity index (χ1v) is 23.3. The van der Waals surface area contributed by atoms with Gasteiger partial charge in [-0.1, -0.05) is 212 Å². The molecule has 0 heterocycles. The summed E-state index contributed by atoms with van der Waals surface area (Å²) in [6.45, 7) is 4.83. The van der Waals surface area contributed by atoms with Crippen LogP contribution in [-0.2, 0) is 16.2 Å². The van der Waals surface area contributed by atoms with Crippen molar-refractivity contribution >= 4 is 17.1 Å². The molecule has 0 fully saturated rings. The predicted molar refractivity (Wildman–Crippen MR) is 273 cm³/mol. The molecular formula is C65H47N. The van der Waals surface area contributed by atoms with E-state index in [0.29, 0.717) is 0 Å². The standard InChI is InChI=1S/C65H47N/c1-63(44-21-7-3-8-22-44)57-32-18-15-29-51(57)54-38-35-49(42-61(54)63)66(50-36-39-55-52-30-16-19-33-58(52)64(2,62(55)43-50)45-23-9-4-10-24-45)48-37-40-60-56(41-48)53-31-17-20-34-59(53)65(60,46-25-11-5-12-26-46)47-27-13-6-14-28-47/h3-43H,1-2H3. The zero-order chi connectivity index (χ0) is 44.0. The van der Waals surface area contributed by atoms with Gasteiger partial charge in [0.05, 0.1) is 5.41 Å². The number of hydrogen-bond donors (Lipinski definition) is 0. The molecule has 0 amide bonds. The summed E-state index contributed by atoms with van der Waals surface area (Å²) in [6, 6.07) is 93.1. The molecule has 312 valence electrons. The van der Waals surface area contributed by atoms with Crippen molar-refractivity contribution < 1.29 is 0 Å². The van der Waals surface area contributed by atoms with E-state index in [9.17, 15) is 0 Å². The molecular weight excluding hydrogens is 795 g/mol. The Hall–Kier alpha value is -8.00. The Morgan fingerprint density at radius 1 is 0.242 bits per heavy atom. The molecule has 3 aliphatic carbocycles. The molecule has 0 saturated carbocycles. The van der Waals surface area contributed by atoms with Crippen molar-refractivity contribution in [3.05, 3.63) is 304 Å². The molecule has 10 aromatic rings. The van der Waals surface area contributed by atoms with Crippen LogP contribution in [0.15, 0.2) is 249 Å². The van der Waals surface area contributed by atoms with Gasteiger partial charge < -0.3 is 4.90 Å². The Bertz CT molecular complexity index is 3320. The Morgan fingerprint density at radius 2 is 0.561 bits per heavy atom. The fraction of sp³-hybridized carbons (Fsp3) is 0.0769. The summed E-state index contributed by atoms with van der Waals surface area (Å²) in [5.74, 6) is 0. The molecule has 1 heteroatoms. The molecule has 2 unspecified atom stereocenters. The van der Waals surface area contributed by atoms with Gasteiger partial charge in [-0.2, -0.15) is 0 Å². The van der Waals surface area contributed by atoms with Crippen molar-refractivity contribution in [2.75, 3.05) is 4.90 Å². The van der Waals surface area contributed by atoms with Crippen molar-refractivity contribution in [2.24, 2.45) is 0 Å². The Labute approximate surface area is 388 Å². The van der Waals surface area contributed by atoms with Gasteiger partial charge in [0.15, 0.2) is 0 Å². The largest absolute Gasteiger partial charge is 0.310 e. The second kappa shape index (κ2) is 14.5. The third-order valence-electron chi connectivity index (χ3n) is 15.5. The lowest BCUT2D eigenvalue weighted by atomic mass is 9.68. The highest BCUT2D eigenvalue weighted by atomic mass is 15.1. The van der Waals surface area contributed by atoms with E-state index in [1.165, 1.54) is 89.0 Å². The number of hydrogen-bond acceptors (Lipinski definition) is 1. The van der Waals surface area contributed by atoms with Gasteiger partial charge in [0.25, 0.3) is 0 Å². The first kappa shape index (κ1) is 38.5. The fourth-order valence-corrected chi connectivity index (χ4v) is 12.4.